The monoisotopic (exact) mass is 468 g/mol. The normalized spacial score (nSPS) is 11.2. The number of thioether (sulfide) groups is 1. The fraction of sp³-hybridized carbons (Fsp3) is 0.227. The third-order valence-electron chi connectivity index (χ3n) is 4.86. The average Bonchev–Trinajstić information content (AvgIpc) is 3.27. The zero-order valence-corrected chi connectivity index (χ0v) is 18.9. The van der Waals surface area contributed by atoms with Crippen LogP contribution in [0.4, 0.5) is 0 Å². The summed E-state index contributed by atoms with van der Waals surface area (Å²) < 4.78 is 8.75. The van der Waals surface area contributed by atoms with Crippen LogP contribution in [0.5, 0.6) is 0 Å². The van der Waals surface area contributed by atoms with Gasteiger partial charge in [0.2, 0.25) is 5.89 Å². The van der Waals surface area contributed by atoms with E-state index in [0.29, 0.717) is 17.7 Å². The van der Waals surface area contributed by atoms with E-state index >= 15 is 0 Å². The standard InChI is InChI=1S/C22H21BrN4OS/c1-14-8-7-11-18(17-9-5-4-6-10-17)19(14)13-29-22-25-24-20(28-22)12-27-16(3)21(23)15(2)26-27/h4-11H,12-13H2,1-3H3. The molecule has 5 nitrogen and oxygen atoms in total. The van der Waals surface area contributed by atoms with Gasteiger partial charge < -0.3 is 4.42 Å². The van der Waals surface area contributed by atoms with Crippen LogP contribution in [-0.2, 0) is 12.3 Å². The van der Waals surface area contributed by atoms with E-state index in [1.54, 1.807) is 11.8 Å². The number of halogens is 1. The van der Waals surface area contributed by atoms with Crippen LogP contribution in [0, 0.1) is 20.8 Å². The van der Waals surface area contributed by atoms with Crippen molar-refractivity contribution in [2.24, 2.45) is 0 Å². The molecule has 0 saturated heterocycles. The van der Waals surface area contributed by atoms with Gasteiger partial charge in [0, 0.05) is 5.75 Å². The lowest BCUT2D eigenvalue weighted by Crippen LogP contribution is -2.04. The van der Waals surface area contributed by atoms with Crippen LogP contribution in [0.3, 0.4) is 0 Å². The summed E-state index contributed by atoms with van der Waals surface area (Å²) in [6.45, 7) is 6.59. The number of aryl methyl sites for hydroxylation is 2. The van der Waals surface area contributed by atoms with Gasteiger partial charge in [0.25, 0.3) is 5.22 Å². The van der Waals surface area contributed by atoms with Gasteiger partial charge in [-0.25, -0.2) is 0 Å². The molecule has 29 heavy (non-hydrogen) atoms. The Morgan fingerprint density at radius 1 is 1.00 bits per heavy atom. The Morgan fingerprint density at radius 2 is 1.79 bits per heavy atom. The lowest BCUT2D eigenvalue weighted by molar-refractivity contribution is 0.396. The Hall–Kier alpha value is -2.38. The summed E-state index contributed by atoms with van der Waals surface area (Å²) in [5.74, 6) is 1.32. The summed E-state index contributed by atoms with van der Waals surface area (Å²) in [6, 6.07) is 16.9. The van der Waals surface area contributed by atoms with Crippen molar-refractivity contribution in [3.63, 3.8) is 0 Å². The first-order valence-corrected chi connectivity index (χ1v) is 11.1. The third kappa shape index (κ3) is 4.31. The van der Waals surface area contributed by atoms with Crippen LogP contribution in [-0.4, -0.2) is 20.0 Å². The molecule has 0 aliphatic heterocycles. The van der Waals surface area contributed by atoms with Crippen LogP contribution in [0.25, 0.3) is 11.1 Å². The maximum atomic E-state index is 5.86. The molecule has 2 aromatic heterocycles. The van der Waals surface area contributed by atoms with Crippen LogP contribution in [0.15, 0.2) is 62.6 Å². The van der Waals surface area contributed by atoms with E-state index < -0.39 is 0 Å². The van der Waals surface area contributed by atoms with Crippen LogP contribution in [0.2, 0.25) is 0 Å². The summed E-state index contributed by atoms with van der Waals surface area (Å²) in [7, 11) is 0. The molecule has 0 aliphatic rings. The van der Waals surface area contributed by atoms with Crippen molar-refractivity contribution in [1.82, 2.24) is 20.0 Å². The molecular weight excluding hydrogens is 448 g/mol. The quantitative estimate of drug-likeness (QED) is 0.326. The highest BCUT2D eigenvalue weighted by molar-refractivity contribution is 9.10. The van der Waals surface area contributed by atoms with Crippen molar-refractivity contribution < 1.29 is 4.42 Å². The summed E-state index contributed by atoms with van der Waals surface area (Å²) in [5.41, 5.74) is 6.99. The largest absolute Gasteiger partial charge is 0.414 e. The Labute approximate surface area is 182 Å². The summed E-state index contributed by atoms with van der Waals surface area (Å²) in [6.07, 6.45) is 0. The van der Waals surface area contributed by atoms with E-state index in [1.807, 2.05) is 24.6 Å². The van der Waals surface area contributed by atoms with E-state index in [9.17, 15) is 0 Å². The molecule has 0 fully saturated rings. The number of aromatic nitrogens is 4. The minimum atomic E-state index is 0.464. The molecule has 0 unspecified atom stereocenters. The van der Waals surface area contributed by atoms with Crippen molar-refractivity contribution in [1.29, 1.82) is 0 Å². The number of hydrogen-bond acceptors (Lipinski definition) is 5. The minimum absolute atomic E-state index is 0.464. The molecule has 148 valence electrons. The van der Waals surface area contributed by atoms with E-state index in [0.717, 1.165) is 21.6 Å². The molecule has 0 spiro atoms. The Kier molecular flexibility index (Phi) is 5.87. The van der Waals surface area contributed by atoms with Gasteiger partial charge in [0.05, 0.1) is 15.9 Å². The lowest BCUT2D eigenvalue weighted by atomic mass is 9.97. The highest BCUT2D eigenvalue weighted by Gasteiger charge is 2.14. The fourth-order valence-corrected chi connectivity index (χ4v) is 4.42. The highest BCUT2D eigenvalue weighted by atomic mass is 79.9. The van der Waals surface area contributed by atoms with Crippen molar-refractivity contribution in [3.8, 4) is 11.1 Å². The highest BCUT2D eigenvalue weighted by Crippen LogP contribution is 2.31. The maximum absolute atomic E-state index is 5.86. The predicted octanol–water partition coefficient (Wildman–Crippen LogP) is 5.96. The smallest absolute Gasteiger partial charge is 0.276 e. The molecule has 0 N–H and O–H groups in total. The van der Waals surface area contributed by atoms with Crippen LogP contribution in [0.1, 0.15) is 28.4 Å². The van der Waals surface area contributed by atoms with Gasteiger partial charge >= 0.3 is 0 Å². The van der Waals surface area contributed by atoms with E-state index in [-0.39, 0.29) is 0 Å². The molecule has 4 rings (SSSR count). The minimum Gasteiger partial charge on any atom is -0.414 e. The molecule has 2 heterocycles. The van der Waals surface area contributed by atoms with Gasteiger partial charge in [0.15, 0.2) is 0 Å². The summed E-state index contributed by atoms with van der Waals surface area (Å²) in [5, 5.41) is 13.5. The first-order valence-electron chi connectivity index (χ1n) is 9.31. The second-order valence-corrected chi connectivity index (χ2v) is 8.58. The lowest BCUT2D eigenvalue weighted by Gasteiger charge is -2.11. The van der Waals surface area contributed by atoms with Crippen molar-refractivity contribution in [3.05, 3.63) is 81.4 Å². The van der Waals surface area contributed by atoms with E-state index in [2.05, 4.69) is 80.6 Å². The van der Waals surface area contributed by atoms with E-state index in [4.69, 9.17) is 4.42 Å². The zero-order chi connectivity index (χ0) is 20.4. The fourth-order valence-electron chi connectivity index (χ4n) is 3.23. The molecule has 0 aliphatic carbocycles. The number of benzene rings is 2. The molecule has 4 aromatic rings. The third-order valence-corrected chi connectivity index (χ3v) is 6.85. The van der Waals surface area contributed by atoms with Gasteiger partial charge in [-0.05, 0) is 59.0 Å². The average molecular weight is 469 g/mol. The van der Waals surface area contributed by atoms with Crippen LogP contribution < -0.4 is 0 Å². The first kappa shape index (κ1) is 19.9. The summed E-state index contributed by atoms with van der Waals surface area (Å²) >= 11 is 5.11. The number of hydrogen-bond donors (Lipinski definition) is 0. The molecule has 2 aromatic carbocycles. The van der Waals surface area contributed by atoms with Gasteiger partial charge in [-0.15, -0.1) is 10.2 Å². The van der Waals surface area contributed by atoms with Gasteiger partial charge in [0.1, 0.15) is 6.54 Å². The topological polar surface area (TPSA) is 56.7 Å². The van der Waals surface area contributed by atoms with Gasteiger partial charge in [-0.3, -0.25) is 4.68 Å². The molecule has 0 saturated carbocycles. The van der Waals surface area contributed by atoms with E-state index in [1.165, 1.54) is 22.3 Å². The first-order chi connectivity index (χ1) is 14.0. The second kappa shape index (κ2) is 8.55. The van der Waals surface area contributed by atoms with Gasteiger partial charge in [-0.2, -0.15) is 5.10 Å². The SMILES string of the molecule is Cc1cccc(-c2ccccc2)c1CSc1nnc(Cn2nc(C)c(Br)c2C)o1. The zero-order valence-electron chi connectivity index (χ0n) is 16.5. The molecule has 0 radical (unpaired) electrons. The number of rotatable bonds is 6. The molecule has 0 atom stereocenters. The molecular formula is C22H21BrN4OS. The molecule has 7 heteroatoms. The maximum Gasteiger partial charge on any atom is 0.276 e. The van der Waals surface area contributed by atoms with Crippen molar-refractivity contribution in [2.45, 2.75) is 38.3 Å². The predicted molar refractivity (Wildman–Crippen MR) is 119 cm³/mol. The summed E-state index contributed by atoms with van der Waals surface area (Å²) in [4.78, 5) is 0. The Bertz CT molecular complexity index is 1140. The molecule has 0 amide bonds. The van der Waals surface area contributed by atoms with Gasteiger partial charge in [-0.1, -0.05) is 60.3 Å². The number of nitrogens with zero attached hydrogens (tertiary/aromatic N) is 4. The molecule has 0 bridgehead atoms. The Balaban J connectivity index is 1.50. The van der Waals surface area contributed by atoms with Crippen LogP contribution >= 0.6 is 27.7 Å². The Morgan fingerprint density at radius 3 is 2.52 bits per heavy atom. The second-order valence-electron chi connectivity index (χ2n) is 6.86. The van der Waals surface area contributed by atoms with Crippen molar-refractivity contribution >= 4 is 27.7 Å². The van der Waals surface area contributed by atoms with Crippen molar-refractivity contribution in [2.75, 3.05) is 0 Å².